The largest absolute Gasteiger partial charge is 0.299 e. The van der Waals surface area contributed by atoms with Gasteiger partial charge in [-0.15, -0.1) is 0 Å². The first-order valence-electron chi connectivity index (χ1n) is 6.40. The predicted octanol–water partition coefficient (Wildman–Crippen LogP) is 2.91. The van der Waals surface area contributed by atoms with Crippen LogP contribution in [0.25, 0.3) is 6.08 Å². The smallest absolute Gasteiger partial charge is 0.276 e. The van der Waals surface area contributed by atoms with Crippen molar-refractivity contribution in [2.45, 2.75) is 6.92 Å². The van der Waals surface area contributed by atoms with Crippen LogP contribution in [0.4, 0.5) is 5.69 Å². The fraction of sp³-hybridized carbons (Fsp3) is 0.133. The number of allylic oxidation sites excluding steroid dienone is 4. The second-order valence-electron chi connectivity index (χ2n) is 4.73. The summed E-state index contributed by atoms with van der Waals surface area (Å²) >= 11 is 0. The Kier molecular flexibility index (Phi) is 4.26. The summed E-state index contributed by atoms with van der Waals surface area (Å²) in [7, 11) is 0. The van der Waals surface area contributed by atoms with Crippen molar-refractivity contribution in [2.75, 3.05) is 0 Å². The summed E-state index contributed by atoms with van der Waals surface area (Å²) < 4.78 is 0. The normalized spacial score (nSPS) is 18.9. The van der Waals surface area contributed by atoms with Gasteiger partial charge in [-0.1, -0.05) is 18.2 Å². The lowest BCUT2D eigenvalue weighted by Crippen LogP contribution is -2.14. The minimum absolute atomic E-state index is 0.122. The summed E-state index contributed by atoms with van der Waals surface area (Å²) in [6.07, 6.45) is 5.41. The van der Waals surface area contributed by atoms with Gasteiger partial charge in [0.25, 0.3) is 11.4 Å². The van der Waals surface area contributed by atoms with Gasteiger partial charge in [0.2, 0.25) is 0 Å². The average molecular weight is 300 g/mol. The van der Waals surface area contributed by atoms with E-state index in [1.54, 1.807) is 6.07 Å². The lowest BCUT2D eigenvalue weighted by Gasteiger charge is -2.14. The molecule has 1 unspecified atom stereocenters. The monoisotopic (exact) mass is 300 g/mol. The maximum absolute atomic E-state index is 11.7. The summed E-state index contributed by atoms with van der Waals surface area (Å²) in [4.78, 5) is 32.5. The molecule has 112 valence electrons. The van der Waals surface area contributed by atoms with Crippen molar-refractivity contribution in [3.05, 3.63) is 79.6 Å². The molecular formula is C15H12N2O5. The minimum atomic E-state index is -0.650. The highest BCUT2D eigenvalue weighted by molar-refractivity contribution is 5.87. The molecule has 1 aromatic carbocycles. The number of carbonyl (C=O) groups excluding carboxylic acids is 1. The molecule has 0 spiro atoms. The van der Waals surface area contributed by atoms with Gasteiger partial charge in [0.15, 0.2) is 0 Å². The van der Waals surface area contributed by atoms with Gasteiger partial charge in [-0.05, 0) is 24.6 Å². The van der Waals surface area contributed by atoms with Crippen LogP contribution in [0, 0.1) is 26.1 Å². The Morgan fingerprint density at radius 3 is 2.45 bits per heavy atom. The Bertz CT molecular complexity index is 746. The zero-order valence-electron chi connectivity index (χ0n) is 11.6. The van der Waals surface area contributed by atoms with Crippen molar-refractivity contribution < 1.29 is 14.6 Å². The maximum Gasteiger partial charge on any atom is 0.276 e. The topological polar surface area (TPSA) is 103 Å². The van der Waals surface area contributed by atoms with E-state index in [0.29, 0.717) is 11.1 Å². The van der Waals surface area contributed by atoms with E-state index >= 15 is 0 Å². The summed E-state index contributed by atoms with van der Waals surface area (Å²) in [5.74, 6) is -0.844. The summed E-state index contributed by atoms with van der Waals surface area (Å²) in [6, 6.07) is 6.02. The molecule has 1 aliphatic carbocycles. The summed E-state index contributed by atoms with van der Waals surface area (Å²) in [6.45, 7) is 1.37. The number of ketones is 1. The molecule has 0 heterocycles. The highest BCUT2D eigenvalue weighted by Crippen LogP contribution is 2.28. The number of benzene rings is 1. The quantitative estimate of drug-likeness (QED) is 0.628. The molecule has 0 saturated heterocycles. The van der Waals surface area contributed by atoms with Crippen LogP contribution >= 0.6 is 0 Å². The zero-order valence-corrected chi connectivity index (χ0v) is 11.6. The van der Waals surface area contributed by atoms with Gasteiger partial charge in [0.05, 0.1) is 21.3 Å². The van der Waals surface area contributed by atoms with E-state index in [9.17, 15) is 25.0 Å². The maximum atomic E-state index is 11.7. The third-order valence-electron chi connectivity index (χ3n) is 3.24. The van der Waals surface area contributed by atoms with Gasteiger partial charge in [-0.2, -0.15) is 0 Å². The van der Waals surface area contributed by atoms with Crippen molar-refractivity contribution in [1.82, 2.24) is 0 Å². The van der Waals surface area contributed by atoms with E-state index in [2.05, 4.69) is 0 Å². The van der Waals surface area contributed by atoms with Crippen LogP contribution in [0.2, 0.25) is 0 Å². The highest BCUT2D eigenvalue weighted by Gasteiger charge is 2.24. The van der Waals surface area contributed by atoms with E-state index in [1.165, 1.54) is 49.4 Å². The van der Waals surface area contributed by atoms with E-state index in [-0.39, 0.29) is 17.2 Å². The molecule has 7 nitrogen and oxygen atoms in total. The summed E-state index contributed by atoms with van der Waals surface area (Å²) in [5.41, 5.74) is 0.365. The third kappa shape index (κ3) is 3.14. The number of carbonyl (C=O) groups is 1. The van der Waals surface area contributed by atoms with Crippen LogP contribution in [0.3, 0.4) is 0 Å². The van der Waals surface area contributed by atoms with Crippen LogP contribution in [0.15, 0.2) is 53.8 Å². The second-order valence-corrected chi connectivity index (χ2v) is 4.73. The molecule has 1 aromatic rings. The number of nitrogens with zero attached hydrogens (tertiary/aromatic N) is 2. The lowest BCUT2D eigenvalue weighted by atomic mass is 9.88. The number of para-hydroxylation sites is 1. The highest BCUT2D eigenvalue weighted by atomic mass is 16.6. The Morgan fingerprint density at radius 2 is 1.86 bits per heavy atom. The first-order chi connectivity index (χ1) is 10.4. The molecular weight excluding hydrogens is 288 g/mol. The van der Waals surface area contributed by atoms with Crippen LogP contribution in [0.5, 0.6) is 0 Å². The van der Waals surface area contributed by atoms with E-state index in [1.807, 2.05) is 0 Å². The van der Waals surface area contributed by atoms with Gasteiger partial charge < -0.3 is 0 Å². The van der Waals surface area contributed by atoms with Crippen molar-refractivity contribution in [2.24, 2.45) is 5.92 Å². The SMILES string of the molecule is CC(=O)C1C=CC([N+](=O)[O-])=C/C1=C/c1ccccc1[N+](=O)[O-]. The molecule has 0 amide bonds. The van der Waals surface area contributed by atoms with E-state index < -0.39 is 15.8 Å². The Balaban J connectivity index is 2.55. The lowest BCUT2D eigenvalue weighted by molar-refractivity contribution is -0.419. The first-order valence-corrected chi connectivity index (χ1v) is 6.40. The van der Waals surface area contributed by atoms with Crippen molar-refractivity contribution in [3.8, 4) is 0 Å². The molecule has 22 heavy (non-hydrogen) atoms. The summed E-state index contributed by atoms with van der Waals surface area (Å²) in [5, 5.41) is 21.9. The Morgan fingerprint density at radius 1 is 1.18 bits per heavy atom. The van der Waals surface area contributed by atoms with Crippen LogP contribution in [0.1, 0.15) is 12.5 Å². The zero-order chi connectivity index (χ0) is 16.3. The number of hydrogen-bond donors (Lipinski definition) is 0. The van der Waals surface area contributed by atoms with Crippen LogP contribution < -0.4 is 0 Å². The van der Waals surface area contributed by atoms with Crippen molar-refractivity contribution >= 4 is 17.5 Å². The van der Waals surface area contributed by atoms with Gasteiger partial charge in [0, 0.05) is 18.2 Å². The minimum Gasteiger partial charge on any atom is -0.299 e. The van der Waals surface area contributed by atoms with Gasteiger partial charge in [-0.25, -0.2) is 0 Å². The standard InChI is InChI=1S/C15H12N2O5/c1-10(18)14-7-6-13(16(19)20)9-12(14)8-11-4-2-3-5-15(11)17(21)22/h2-9,14H,1H3/b12-8-. The molecule has 0 saturated carbocycles. The van der Waals surface area contributed by atoms with E-state index in [4.69, 9.17) is 0 Å². The molecule has 7 heteroatoms. The molecule has 0 aliphatic heterocycles. The number of hydrogen-bond acceptors (Lipinski definition) is 5. The molecule has 0 aromatic heterocycles. The third-order valence-corrected chi connectivity index (χ3v) is 3.24. The second kappa shape index (κ2) is 6.13. The van der Waals surface area contributed by atoms with Crippen molar-refractivity contribution in [1.29, 1.82) is 0 Å². The Labute approximate surface area is 125 Å². The van der Waals surface area contributed by atoms with E-state index in [0.717, 1.165) is 0 Å². The van der Waals surface area contributed by atoms with Crippen molar-refractivity contribution in [3.63, 3.8) is 0 Å². The molecule has 0 bridgehead atoms. The fourth-order valence-corrected chi connectivity index (χ4v) is 2.19. The first kappa shape index (κ1) is 15.3. The number of nitro benzene ring substituents is 1. The van der Waals surface area contributed by atoms with Crippen LogP contribution in [-0.2, 0) is 4.79 Å². The molecule has 0 fully saturated rings. The molecule has 1 aliphatic rings. The molecule has 1 atom stereocenters. The number of rotatable bonds is 4. The van der Waals surface area contributed by atoms with Gasteiger partial charge >= 0.3 is 0 Å². The average Bonchev–Trinajstić information content (AvgIpc) is 2.47. The fourth-order valence-electron chi connectivity index (χ4n) is 2.19. The molecule has 2 rings (SSSR count). The Hall–Kier alpha value is -3.09. The number of Topliss-reactive ketones (excluding diaryl/α,β-unsaturated/α-hetero) is 1. The van der Waals surface area contributed by atoms with Gasteiger partial charge in [0.1, 0.15) is 5.78 Å². The van der Waals surface area contributed by atoms with Crippen LogP contribution in [-0.4, -0.2) is 15.6 Å². The predicted molar refractivity (Wildman–Crippen MR) is 79.5 cm³/mol. The molecule has 0 radical (unpaired) electrons. The number of nitro groups is 2. The van der Waals surface area contributed by atoms with Gasteiger partial charge in [-0.3, -0.25) is 25.0 Å². The molecule has 0 N–H and O–H groups in total.